The van der Waals surface area contributed by atoms with E-state index in [0.29, 0.717) is 11.8 Å². The molecule has 0 aromatic carbocycles. The zero-order chi connectivity index (χ0) is 15.6. The Morgan fingerprint density at radius 3 is 2.62 bits per heavy atom. The van der Waals surface area contributed by atoms with Gasteiger partial charge in [-0.25, -0.2) is 0 Å². The van der Waals surface area contributed by atoms with E-state index < -0.39 is 0 Å². The topological polar surface area (TPSA) is 29.9 Å². The molecular formula is C17H30ClN3. The molecule has 1 aliphatic rings. The number of nitrogens with zero attached hydrogens (tertiary/aromatic N) is 2. The first-order valence-electron chi connectivity index (χ1n) is 8.24. The molecule has 1 aromatic heterocycles. The molecule has 1 N–H and O–H groups in total. The first kappa shape index (κ1) is 16.8. The van der Waals surface area contributed by atoms with Crippen LogP contribution in [0.25, 0.3) is 0 Å². The normalized spacial score (nSPS) is 27.0. The summed E-state index contributed by atoms with van der Waals surface area (Å²) in [6, 6.07) is 0. The van der Waals surface area contributed by atoms with Crippen molar-refractivity contribution in [1.82, 2.24) is 15.1 Å². The van der Waals surface area contributed by atoms with Crippen LogP contribution in [0, 0.1) is 11.8 Å². The van der Waals surface area contributed by atoms with E-state index in [0.717, 1.165) is 17.5 Å². The molecule has 0 spiro atoms. The van der Waals surface area contributed by atoms with Crippen molar-refractivity contribution in [3.8, 4) is 0 Å². The highest BCUT2D eigenvalue weighted by molar-refractivity contribution is 6.31. The number of aromatic nitrogens is 2. The molecular weight excluding hydrogens is 282 g/mol. The van der Waals surface area contributed by atoms with Crippen molar-refractivity contribution in [2.75, 3.05) is 6.54 Å². The van der Waals surface area contributed by atoms with Gasteiger partial charge >= 0.3 is 0 Å². The van der Waals surface area contributed by atoms with E-state index in [-0.39, 0.29) is 5.54 Å². The molecule has 1 fully saturated rings. The number of hydrogen-bond acceptors (Lipinski definition) is 2. The van der Waals surface area contributed by atoms with E-state index in [2.05, 4.69) is 38.1 Å². The maximum absolute atomic E-state index is 6.42. The third-order valence-electron chi connectivity index (χ3n) is 4.86. The summed E-state index contributed by atoms with van der Waals surface area (Å²) >= 11 is 6.42. The fourth-order valence-electron chi connectivity index (χ4n) is 3.54. The maximum Gasteiger partial charge on any atom is 0.0820 e. The van der Waals surface area contributed by atoms with Gasteiger partial charge < -0.3 is 5.32 Å². The molecule has 1 saturated carbocycles. The van der Waals surface area contributed by atoms with Crippen LogP contribution in [0.3, 0.4) is 0 Å². The van der Waals surface area contributed by atoms with Crippen LogP contribution in [0.4, 0.5) is 0 Å². The molecule has 1 aliphatic carbocycles. The summed E-state index contributed by atoms with van der Waals surface area (Å²) in [7, 11) is 2.02. The molecule has 4 heteroatoms. The van der Waals surface area contributed by atoms with Crippen LogP contribution < -0.4 is 5.32 Å². The SMILES string of the molecule is CCC1CCC(CNC(C)(C)C)C(c2c(Cl)cnn2C)C1. The van der Waals surface area contributed by atoms with Gasteiger partial charge in [-0.2, -0.15) is 5.10 Å². The van der Waals surface area contributed by atoms with Crippen LogP contribution in [0.15, 0.2) is 6.20 Å². The lowest BCUT2D eigenvalue weighted by Crippen LogP contribution is -2.42. The molecule has 21 heavy (non-hydrogen) atoms. The standard InChI is InChI=1S/C17H30ClN3/c1-6-12-7-8-13(10-19-17(2,3)4)14(9-12)16-15(18)11-20-21(16)5/h11-14,19H,6-10H2,1-5H3. The molecule has 2 rings (SSSR count). The Morgan fingerprint density at radius 2 is 2.10 bits per heavy atom. The summed E-state index contributed by atoms with van der Waals surface area (Å²) in [4.78, 5) is 0. The summed E-state index contributed by atoms with van der Waals surface area (Å²) < 4.78 is 1.98. The summed E-state index contributed by atoms with van der Waals surface area (Å²) in [5.41, 5.74) is 1.40. The molecule has 3 atom stereocenters. The van der Waals surface area contributed by atoms with Gasteiger partial charge in [-0.05, 0) is 52.0 Å². The number of halogens is 1. The number of aryl methyl sites for hydroxylation is 1. The first-order chi connectivity index (χ1) is 9.81. The Labute approximate surface area is 134 Å². The number of nitrogens with one attached hydrogen (secondary N) is 1. The fourth-order valence-corrected chi connectivity index (χ4v) is 3.85. The van der Waals surface area contributed by atoms with Crippen LogP contribution in [0.2, 0.25) is 5.02 Å². The van der Waals surface area contributed by atoms with Crippen molar-refractivity contribution in [2.45, 2.75) is 64.8 Å². The van der Waals surface area contributed by atoms with Crippen molar-refractivity contribution in [2.24, 2.45) is 18.9 Å². The minimum Gasteiger partial charge on any atom is -0.312 e. The summed E-state index contributed by atoms with van der Waals surface area (Å²) in [5.74, 6) is 2.00. The predicted octanol–water partition coefficient (Wildman–Crippen LogP) is 4.37. The van der Waals surface area contributed by atoms with E-state index in [1.807, 2.05) is 11.7 Å². The Hall–Kier alpha value is -0.540. The van der Waals surface area contributed by atoms with Gasteiger partial charge in [0.2, 0.25) is 0 Å². The van der Waals surface area contributed by atoms with E-state index in [4.69, 9.17) is 11.6 Å². The molecule has 0 bridgehead atoms. The lowest BCUT2D eigenvalue weighted by atomic mass is 9.71. The van der Waals surface area contributed by atoms with Gasteiger partial charge in [0.1, 0.15) is 0 Å². The first-order valence-corrected chi connectivity index (χ1v) is 8.62. The predicted molar refractivity (Wildman–Crippen MR) is 89.8 cm³/mol. The van der Waals surface area contributed by atoms with Gasteiger partial charge in [-0.3, -0.25) is 4.68 Å². The van der Waals surface area contributed by atoms with Crippen LogP contribution >= 0.6 is 11.6 Å². The van der Waals surface area contributed by atoms with Crippen molar-refractivity contribution in [3.05, 3.63) is 16.9 Å². The summed E-state index contributed by atoms with van der Waals surface area (Å²) in [5, 5.41) is 8.87. The largest absolute Gasteiger partial charge is 0.312 e. The van der Waals surface area contributed by atoms with Crippen LogP contribution in [0.5, 0.6) is 0 Å². The van der Waals surface area contributed by atoms with E-state index in [9.17, 15) is 0 Å². The zero-order valence-corrected chi connectivity index (χ0v) is 14.9. The van der Waals surface area contributed by atoms with Gasteiger partial charge in [0.05, 0.1) is 16.9 Å². The van der Waals surface area contributed by atoms with Crippen molar-refractivity contribution in [1.29, 1.82) is 0 Å². The third-order valence-corrected chi connectivity index (χ3v) is 5.15. The number of rotatable bonds is 4. The molecule has 3 nitrogen and oxygen atoms in total. The van der Waals surface area contributed by atoms with Gasteiger partial charge in [0.25, 0.3) is 0 Å². The van der Waals surface area contributed by atoms with Crippen LogP contribution in [0.1, 0.15) is 65.0 Å². The molecule has 3 unspecified atom stereocenters. The fraction of sp³-hybridized carbons (Fsp3) is 0.824. The second-order valence-electron chi connectivity index (χ2n) is 7.59. The van der Waals surface area contributed by atoms with Crippen molar-refractivity contribution >= 4 is 11.6 Å². The summed E-state index contributed by atoms with van der Waals surface area (Å²) in [6.45, 7) is 10.1. The van der Waals surface area contributed by atoms with Gasteiger partial charge in [0.15, 0.2) is 0 Å². The van der Waals surface area contributed by atoms with Crippen molar-refractivity contribution < 1.29 is 0 Å². The van der Waals surface area contributed by atoms with Crippen molar-refractivity contribution in [3.63, 3.8) is 0 Å². The number of hydrogen-bond donors (Lipinski definition) is 1. The highest BCUT2D eigenvalue weighted by atomic mass is 35.5. The minimum absolute atomic E-state index is 0.169. The molecule has 0 amide bonds. The Morgan fingerprint density at radius 1 is 1.38 bits per heavy atom. The Balaban J connectivity index is 2.18. The Bertz CT molecular complexity index is 442. The van der Waals surface area contributed by atoms with E-state index in [1.54, 1.807) is 6.20 Å². The van der Waals surface area contributed by atoms with Crippen LogP contribution in [-0.2, 0) is 7.05 Å². The minimum atomic E-state index is 0.169. The maximum atomic E-state index is 6.42. The van der Waals surface area contributed by atoms with Gasteiger partial charge in [0, 0.05) is 18.5 Å². The third kappa shape index (κ3) is 4.23. The van der Waals surface area contributed by atoms with Gasteiger partial charge in [-0.15, -0.1) is 0 Å². The smallest absolute Gasteiger partial charge is 0.0820 e. The monoisotopic (exact) mass is 311 g/mol. The molecule has 1 heterocycles. The average molecular weight is 312 g/mol. The summed E-state index contributed by atoms with van der Waals surface area (Å²) in [6.07, 6.45) is 6.94. The van der Waals surface area contributed by atoms with E-state index >= 15 is 0 Å². The molecule has 0 saturated heterocycles. The zero-order valence-electron chi connectivity index (χ0n) is 14.1. The molecule has 120 valence electrons. The Kier molecular flexibility index (Phi) is 5.37. The highest BCUT2D eigenvalue weighted by Gasteiger charge is 2.34. The lowest BCUT2D eigenvalue weighted by Gasteiger charge is -2.38. The molecule has 0 radical (unpaired) electrons. The second kappa shape index (κ2) is 6.70. The molecule has 0 aliphatic heterocycles. The van der Waals surface area contributed by atoms with Gasteiger partial charge in [-0.1, -0.05) is 31.4 Å². The highest BCUT2D eigenvalue weighted by Crippen LogP contribution is 2.43. The second-order valence-corrected chi connectivity index (χ2v) is 7.99. The van der Waals surface area contributed by atoms with Crippen LogP contribution in [-0.4, -0.2) is 21.9 Å². The lowest BCUT2D eigenvalue weighted by molar-refractivity contribution is 0.207. The molecule has 1 aromatic rings. The quantitative estimate of drug-likeness (QED) is 0.894. The van der Waals surface area contributed by atoms with E-state index in [1.165, 1.54) is 31.4 Å². The average Bonchev–Trinajstić information content (AvgIpc) is 2.75.